The monoisotopic (exact) mass is 318 g/mol. The van der Waals surface area contributed by atoms with Crippen LogP contribution in [0.3, 0.4) is 0 Å². The first-order valence-electron chi connectivity index (χ1n) is 6.02. The van der Waals surface area contributed by atoms with Crippen molar-refractivity contribution in [1.29, 1.82) is 0 Å². The molecule has 1 aliphatic rings. The molecule has 0 aliphatic carbocycles. The molecule has 1 aromatic heterocycles. The van der Waals surface area contributed by atoms with Crippen molar-refractivity contribution in [1.82, 2.24) is 25.3 Å². The SMILES string of the molecule is CCN1CCOC(C(NN)c2c(Br)nnn2C)C1. The van der Waals surface area contributed by atoms with Gasteiger partial charge >= 0.3 is 0 Å². The van der Waals surface area contributed by atoms with Gasteiger partial charge in [-0.3, -0.25) is 10.7 Å². The van der Waals surface area contributed by atoms with Gasteiger partial charge in [0.05, 0.1) is 24.4 Å². The molecular weight excluding hydrogens is 300 g/mol. The third-order valence-electron chi connectivity index (χ3n) is 3.30. The van der Waals surface area contributed by atoms with Crippen LogP contribution in [0.2, 0.25) is 0 Å². The molecule has 2 unspecified atom stereocenters. The molecule has 2 atom stereocenters. The summed E-state index contributed by atoms with van der Waals surface area (Å²) in [5.74, 6) is 5.68. The highest BCUT2D eigenvalue weighted by atomic mass is 79.9. The van der Waals surface area contributed by atoms with E-state index < -0.39 is 0 Å². The lowest BCUT2D eigenvalue weighted by Gasteiger charge is -2.36. The van der Waals surface area contributed by atoms with Gasteiger partial charge in [-0.25, -0.2) is 10.1 Å². The van der Waals surface area contributed by atoms with E-state index in [-0.39, 0.29) is 12.1 Å². The predicted molar refractivity (Wildman–Crippen MR) is 70.6 cm³/mol. The average Bonchev–Trinajstić information content (AvgIpc) is 2.72. The molecule has 0 spiro atoms. The summed E-state index contributed by atoms with van der Waals surface area (Å²) in [4.78, 5) is 2.34. The molecule has 2 rings (SSSR count). The minimum Gasteiger partial charge on any atom is -0.373 e. The average molecular weight is 319 g/mol. The fourth-order valence-electron chi connectivity index (χ4n) is 2.25. The number of aromatic nitrogens is 3. The van der Waals surface area contributed by atoms with Crippen LogP contribution >= 0.6 is 15.9 Å². The quantitative estimate of drug-likeness (QED) is 0.591. The first-order valence-corrected chi connectivity index (χ1v) is 6.81. The molecule has 18 heavy (non-hydrogen) atoms. The zero-order valence-electron chi connectivity index (χ0n) is 10.6. The van der Waals surface area contributed by atoms with Gasteiger partial charge in [-0.15, -0.1) is 5.10 Å². The van der Waals surface area contributed by atoms with Gasteiger partial charge in [-0.05, 0) is 22.5 Å². The van der Waals surface area contributed by atoms with Crippen molar-refractivity contribution in [2.45, 2.75) is 19.1 Å². The number of nitrogens with zero attached hydrogens (tertiary/aromatic N) is 4. The maximum atomic E-state index is 5.82. The highest BCUT2D eigenvalue weighted by Crippen LogP contribution is 2.26. The van der Waals surface area contributed by atoms with E-state index in [9.17, 15) is 0 Å². The highest BCUT2D eigenvalue weighted by molar-refractivity contribution is 9.10. The third kappa shape index (κ3) is 2.72. The van der Waals surface area contributed by atoms with Gasteiger partial charge in [0.25, 0.3) is 0 Å². The first-order chi connectivity index (χ1) is 8.67. The smallest absolute Gasteiger partial charge is 0.153 e. The summed E-state index contributed by atoms with van der Waals surface area (Å²) in [6.45, 7) is 5.70. The van der Waals surface area contributed by atoms with Gasteiger partial charge < -0.3 is 4.74 Å². The Kier molecular flexibility index (Phi) is 4.68. The molecule has 8 heteroatoms. The Balaban J connectivity index is 2.18. The normalized spacial score (nSPS) is 23.2. The molecule has 1 fully saturated rings. The topological polar surface area (TPSA) is 81.2 Å². The molecule has 0 saturated carbocycles. The Hall–Kier alpha value is -0.540. The van der Waals surface area contributed by atoms with Crippen molar-refractivity contribution in [2.75, 3.05) is 26.2 Å². The van der Waals surface area contributed by atoms with Crippen LogP contribution in [0.4, 0.5) is 0 Å². The zero-order chi connectivity index (χ0) is 13.1. The van der Waals surface area contributed by atoms with Crippen molar-refractivity contribution in [3.8, 4) is 0 Å². The summed E-state index contributed by atoms with van der Waals surface area (Å²) in [5.41, 5.74) is 3.72. The summed E-state index contributed by atoms with van der Waals surface area (Å²) in [7, 11) is 1.85. The number of rotatable bonds is 4. The second-order valence-electron chi connectivity index (χ2n) is 4.34. The Labute approximate surface area is 115 Å². The molecule has 0 bridgehead atoms. The fourth-order valence-corrected chi connectivity index (χ4v) is 2.83. The summed E-state index contributed by atoms with van der Waals surface area (Å²) in [5, 5.41) is 7.96. The molecule has 0 radical (unpaired) electrons. The maximum Gasteiger partial charge on any atom is 0.153 e. The number of halogens is 1. The maximum absolute atomic E-state index is 5.82. The number of hydrogen-bond acceptors (Lipinski definition) is 6. The number of hydrogen-bond donors (Lipinski definition) is 2. The molecule has 1 aliphatic heterocycles. The Morgan fingerprint density at radius 3 is 3.00 bits per heavy atom. The largest absolute Gasteiger partial charge is 0.373 e. The van der Waals surface area contributed by atoms with E-state index >= 15 is 0 Å². The second kappa shape index (κ2) is 6.07. The van der Waals surface area contributed by atoms with Gasteiger partial charge in [-0.1, -0.05) is 12.1 Å². The third-order valence-corrected chi connectivity index (χ3v) is 3.86. The van der Waals surface area contributed by atoms with Gasteiger partial charge in [0.1, 0.15) is 0 Å². The second-order valence-corrected chi connectivity index (χ2v) is 5.09. The summed E-state index contributed by atoms with van der Waals surface area (Å²) in [6, 6.07) is -0.131. The van der Waals surface area contributed by atoms with Crippen LogP contribution in [-0.4, -0.2) is 52.2 Å². The van der Waals surface area contributed by atoms with E-state index in [0.717, 1.165) is 31.9 Å². The van der Waals surface area contributed by atoms with Crippen LogP contribution in [0, 0.1) is 0 Å². The van der Waals surface area contributed by atoms with E-state index in [1.807, 2.05) is 7.05 Å². The molecule has 2 heterocycles. The molecular formula is C10H19BrN6O. The minimum atomic E-state index is -0.131. The molecule has 1 saturated heterocycles. The molecule has 1 aromatic rings. The number of likely N-dealkylation sites (N-methyl/N-ethyl adjacent to an activating group) is 1. The van der Waals surface area contributed by atoms with Crippen LogP contribution < -0.4 is 11.3 Å². The Morgan fingerprint density at radius 1 is 1.67 bits per heavy atom. The van der Waals surface area contributed by atoms with E-state index in [1.165, 1.54) is 0 Å². The van der Waals surface area contributed by atoms with E-state index in [4.69, 9.17) is 10.6 Å². The van der Waals surface area contributed by atoms with Crippen LogP contribution in [-0.2, 0) is 11.8 Å². The number of morpholine rings is 1. The minimum absolute atomic E-state index is 0.00259. The lowest BCUT2D eigenvalue weighted by molar-refractivity contribution is -0.0470. The first kappa shape index (κ1) is 13.9. The number of nitrogens with two attached hydrogens (primary N) is 1. The Bertz CT molecular complexity index is 378. The van der Waals surface area contributed by atoms with Crippen LogP contribution in [0.25, 0.3) is 0 Å². The standard InChI is InChI=1S/C10H19BrN6O/c1-3-17-4-5-18-7(6-17)8(13-12)9-10(11)14-15-16(9)2/h7-8,13H,3-6,12H2,1-2H3. The number of aryl methyl sites for hydroxylation is 1. The van der Waals surface area contributed by atoms with Crippen molar-refractivity contribution < 1.29 is 4.74 Å². The molecule has 3 N–H and O–H groups in total. The zero-order valence-corrected chi connectivity index (χ0v) is 12.2. The lowest BCUT2D eigenvalue weighted by atomic mass is 10.1. The van der Waals surface area contributed by atoms with Crippen molar-refractivity contribution in [3.63, 3.8) is 0 Å². The lowest BCUT2D eigenvalue weighted by Crippen LogP contribution is -2.50. The van der Waals surface area contributed by atoms with Gasteiger partial charge in [0.2, 0.25) is 0 Å². The number of ether oxygens (including phenoxy) is 1. The van der Waals surface area contributed by atoms with Crippen molar-refractivity contribution in [3.05, 3.63) is 10.3 Å². The fraction of sp³-hybridized carbons (Fsp3) is 0.800. The van der Waals surface area contributed by atoms with Crippen molar-refractivity contribution in [2.24, 2.45) is 12.9 Å². The summed E-state index contributed by atoms with van der Waals surface area (Å²) >= 11 is 3.40. The highest BCUT2D eigenvalue weighted by Gasteiger charge is 2.31. The van der Waals surface area contributed by atoms with Crippen LogP contribution in [0.15, 0.2) is 4.60 Å². The molecule has 7 nitrogen and oxygen atoms in total. The van der Waals surface area contributed by atoms with E-state index in [2.05, 4.69) is 43.5 Å². The summed E-state index contributed by atoms with van der Waals surface area (Å²) in [6.07, 6.45) is -0.00259. The Morgan fingerprint density at radius 2 is 2.44 bits per heavy atom. The molecule has 0 aromatic carbocycles. The van der Waals surface area contributed by atoms with Crippen LogP contribution in [0.5, 0.6) is 0 Å². The molecule has 102 valence electrons. The number of nitrogens with one attached hydrogen (secondary N) is 1. The van der Waals surface area contributed by atoms with E-state index in [0.29, 0.717) is 4.60 Å². The molecule has 0 amide bonds. The number of hydrazine groups is 1. The van der Waals surface area contributed by atoms with Crippen molar-refractivity contribution >= 4 is 15.9 Å². The predicted octanol–water partition coefficient (Wildman–Crippen LogP) is -0.197. The van der Waals surface area contributed by atoms with Gasteiger partial charge in [0.15, 0.2) is 4.60 Å². The van der Waals surface area contributed by atoms with E-state index in [1.54, 1.807) is 4.68 Å². The van der Waals surface area contributed by atoms with Gasteiger partial charge in [0, 0.05) is 20.1 Å². The van der Waals surface area contributed by atoms with Crippen LogP contribution in [0.1, 0.15) is 18.7 Å². The summed E-state index contributed by atoms with van der Waals surface area (Å²) < 4.78 is 8.23. The van der Waals surface area contributed by atoms with Gasteiger partial charge in [-0.2, -0.15) is 0 Å².